The van der Waals surface area contributed by atoms with Crippen molar-refractivity contribution >= 4 is 50.2 Å². The summed E-state index contributed by atoms with van der Waals surface area (Å²) < 4.78 is 6.76. The van der Waals surface area contributed by atoms with Gasteiger partial charge in [0.15, 0.2) is 11.5 Å². The van der Waals surface area contributed by atoms with E-state index in [0.717, 1.165) is 46.1 Å². The average Bonchev–Trinajstić information content (AvgIpc) is 3.40. The first-order chi connectivity index (χ1) is 15.0. The number of halogens is 1. The summed E-state index contributed by atoms with van der Waals surface area (Å²) in [7, 11) is 0. The maximum absolute atomic E-state index is 12.6. The number of carbonyl (C=O) groups excluding carboxylic acids is 1. The van der Waals surface area contributed by atoms with E-state index >= 15 is 0 Å². The predicted octanol–water partition coefficient (Wildman–Crippen LogP) is 6.20. The van der Waals surface area contributed by atoms with Gasteiger partial charge in [0.05, 0.1) is 22.8 Å². The van der Waals surface area contributed by atoms with Gasteiger partial charge in [0.1, 0.15) is 0 Å². The fourth-order valence-corrected chi connectivity index (χ4v) is 4.44. The quantitative estimate of drug-likeness (QED) is 0.295. The third kappa shape index (κ3) is 5.02. The Hall–Kier alpha value is -2.58. The molecule has 1 N–H and O–H groups in total. The van der Waals surface area contributed by atoms with Gasteiger partial charge in [0, 0.05) is 22.0 Å². The number of hydrogen-bond acceptors (Lipinski definition) is 5. The lowest BCUT2D eigenvalue weighted by atomic mass is 10.1. The first-order valence-corrected chi connectivity index (χ1v) is 11.9. The number of nitrogens with zero attached hydrogens (tertiary/aromatic N) is 4. The van der Waals surface area contributed by atoms with Crippen LogP contribution in [0.1, 0.15) is 43.5 Å². The Morgan fingerprint density at radius 3 is 2.81 bits per heavy atom. The van der Waals surface area contributed by atoms with Gasteiger partial charge in [-0.2, -0.15) is 5.10 Å². The molecule has 31 heavy (non-hydrogen) atoms. The molecule has 0 aliphatic rings. The normalized spacial score (nSPS) is 11.4. The van der Waals surface area contributed by atoms with Crippen molar-refractivity contribution in [2.24, 2.45) is 5.92 Å². The molecule has 4 rings (SSSR count). The number of amides is 1. The van der Waals surface area contributed by atoms with E-state index in [2.05, 4.69) is 45.5 Å². The molecule has 0 aliphatic heterocycles. The molecule has 0 spiro atoms. The van der Waals surface area contributed by atoms with Crippen LogP contribution in [-0.2, 0) is 6.54 Å². The van der Waals surface area contributed by atoms with Gasteiger partial charge in [-0.1, -0.05) is 51.0 Å². The van der Waals surface area contributed by atoms with E-state index < -0.39 is 0 Å². The van der Waals surface area contributed by atoms with Gasteiger partial charge in [-0.3, -0.25) is 4.79 Å². The minimum Gasteiger partial charge on any atom is -0.304 e. The van der Waals surface area contributed by atoms with Crippen molar-refractivity contribution < 1.29 is 4.79 Å². The average molecular weight is 497 g/mol. The first-order valence-electron chi connectivity index (χ1n) is 10.3. The molecule has 0 atom stereocenters. The molecular weight excluding hydrogens is 474 g/mol. The van der Waals surface area contributed by atoms with Crippen molar-refractivity contribution in [2.45, 2.75) is 39.7 Å². The summed E-state index contributed by atoms with van der Waals surface area (Å²) >= 11 is 4.90. The number of benzene rings is 1. The summed E-state index contributed by atoms with van der Waals surface area (Å²) in [6.07, 6.45) is 4.87. The lowest BCUT2D eigenvalue weighted by Crippen LogP contribution is -2.12. The van der Waals surface area contributed by atoms with Crippen LogP contribution in [-0.4, -0.2) is 25.0 Å². The molecule has 1 amide bonds. The van der Waals surface area contributed by atoms with E-state index in [1.54, 1.807) is 11.6 Å². The van der Waals surface area contributed by atoms with E-state index in [9.17, 15) is 4.79 Å². The molecule has 3 aromatic heterocycles. The number of aryl methyl sites for hydroxylation is 1. The Morgan fingerprint density at radius 2 is 2.10 bits per heavy atom. The van der Waals surface area contributed by atoms with Crippen LogP contribution < -0.4 is 5.32 Å². The second-order valence-corrected chi connectivity index (χ2v) is 9.32. The maximum Gasteiger partial charge on any atom is 0.259 e. The summed E-state index contributed by atoms with van der Waals surface area (Å²) in [5.74, 6) is 0.967. The number of aromatic nitrogens is 4. The largest absolute Gasteiger partial charge is 0.304 e. The fraction of sp³-hybridized carbons (Fsp3) is 0.304. The molecule has 159 valence electrons. The molecule has 3 heterocycles. The third-order valence-corrected chi connectivity index (χ3v) is 6.19. The van der Waals surface area contributed by atoms with Gasteiger partial charge in [-0.25, -0.2) is 14.0 Å². The molecule has 1 radical (unpaired) electrons. The van der Waals surface area contributed by atoms with Crippen LogP contribution >= 0.6 is 27.5 Å². The van der Waals surface area contributed by atoms with Crippen molar-refractivity contribution in [2.75, 3.05) is 5.32 Å². The molecule has 1 aromatic carbocycles. The molecule has 4 aromatic rings. The zero-order chi connectivity index (χ0) is 21.8. The second-order valence-electron chi connectivity index (χ2n) is 7.81. The monoisotopic (exact) mass is 496 g/mol. The zero-order valence-electron chi connectivity index (χ0n) is 17.4. The Balaban J connectivity index is 1.71. The number of fused-ring (bicyclic) bond motifs is 1. The topological polar surface area (TPSA) is 72.7 Å². The van der Waals surface area contributed by atoms with E-state index in [1.165, 1.54) is 18.0 Å². The van der Waals surface area contributed by atoms with Crippen molar-refractivity contribution in [1.82, 2.24) is 19.1 Å². The highest BCUT2D eigenvalue weighted by atomic mass is 79.9. The molecule has 0 saturated heterocycles. The van der Waals surface area contributed by atoms with Crippen LogP contribution in [0.15, 0.2) is 46.4 Å². The molecule has 0 fully saturated rings. The minimum absolute atomic E-state index is 0.223. The predicted molar refractivity (Wildman–Crippen MR) is 128 cm³/mol. The van der Waals surface area contributed by atoms with Gasteiger partial charge in [0.2, 0.25) is 0 Å². The summed E-state index contributed by atoms with van der Waals surface area (Å²) in [4.78, 5) is 17.5. The maximum atomic E-state index is 12.6. The highest BCUT2D eigenvalue weighted by Crippen LogP contribution is 2.33. The number of carbonyl (C=O) groups is 1. The number of rotatable bonds is 8. The standard InChI is InChI=1S/C23H23BrN5OS/c1-15(2)8-6-7-11-29-22-18(21(28-29)27-23(30)17-13-25-31-14-17)12-19(24)20(26-22)16-9-4-3-5-10-16/h4-5,9-10,12-15H,6-8,11H2,1-2H3,(H,27,28,30). The molecule has 0 unspecified atom stereocenters. The van der Waals surface area contributed by atoms with Crippen molar-refractivity contribution in [3.63, 3.8) is 0 Å². The van der Waals surface area contributed by atoms with Gasteiger partial charge in [-0.05, 0) is 51.9 Å². The van der Waals surface area contributed by atoms with E-state index in [4.69, 9.17) is 10.1 Å². The smallest absolute Gasteiger partial charge is 0.259 e. The van der Waals surface area contributed by atoms with Crippen molar-refractivity contribution in [3.05, 3.63) is 58.0 Å². The fourth-order valence-electron chi connectivity index (χ4n) is 3.38. The number of anilines is 1. The lowest BCUT2D eigenvalue weighted by Gasteiger charge is -2.07. The number of pyridine rings is 1. The van der Waals surface area contributed by atoms with Crippen LogP contribution in [0.5, 0.6) is 0 Å². The number of hydrogen-bond donors (Lipinski definition) is 1. The molecule has 0 saturated carbocycles. The van der Waals surface area contributed by atoms with Crippen LogP contribution in [0.2, 0.25) is 0 Å². The second kappa shape index (κ2) is 9.70. The van der Waals surface area contributed by atoms with E-state index in [-0.39, 0.29) is 5.91 Å². The Bertz CT molecular complexity index is 1170. The summed E-state index contributed by atoms with van der Waals surface area (Å²) in [5.41, 5.74) is 3.11. The van der Waals surface area contributed by atoms with Gasteiger partial charge >= 0.3 is 0 Å². The minimum atomic E-state index is -0.223. The summed E-state index contributed by atoms with van der Waals surface area (Å²) in [5, 5.41) is 10.2. The van der Waals surface area contributed by atoms with Crippen LogP contribution in [0.4, 0.5) is 5.82 Å². The van der Waals surface area contributed by atoms with E-state index in [1.807, 2.05) is 35.0 Å². The number of nitrogens with one attached hydrogen (secondary N) is 1. The Kier molecular flexibility index (Phi) is 6.77. The summed E-state index contributed by atoms with van der Waals surface area (Å²) in [6.45, 7) is 5.22. The van der Waals surface area contributed by atoms with Crippen LogP contribution in [0.25, 0.3) is 22.3 Å². The molecular formula is C23H23BrN5OS. The molecule has 6 nitrogen and oxygen atoms in total. The van der Waals surface area contributed by atoms with Crippen LogP contribution in [0.3, 0.4) is 0 Å². The highest BCUT2D eigenvalue weighted by molar-refractivity contribution is 9.10. The van der Waals surface area contributed by atoms with Crippen molar-refractivity contribution in [3.8, 4) is 11.3 Å². The lowest BCUT2D eigenvalue weighted by molar-refractivity contribution is 0.102. The van der Waals surface area contributed by atoms with Crippen molar-refractivity contribution in [1.29, 1.82) is 0 Å². The Labute approximate surface area is 194 Å². The number of unbranched alkanes of at least 4 members (excludes halogenated alkanes) is 1. The molecule has 0 aliphatic carbocycles. The Morgan fingerprint density at radius 1 is 1.29 bits per heavy atom. The highest BCUT2D eigenvalue weighted by Gasteiger charge is 2.18. The summed E-state index contributed by atoms with van der Waals surface area (Å²) in [6, 6.07) is 12.7. The SMILES string of the molecule is CC(C)CCCCn1nc(NC(=O)c2cnsc2)c2cc(Br)c(-c3cc[c]cc3)nc21. The molecule has 0 bridgehead atoms. The van der Waals surface area contributed by atoms with Gasteiger partial charge in [0.25, 0.3) is 5.91 Å². The molecule has 8 heteroatoms. The first kappa shape index (κ1) is 21.6. The third-order valence-electron chi connectivity index (χ3n) is 5.00. The zero-order valence-corrected chi connectivity index (χ0v) is 19.8. The van der Waals surface area contributed by atoms with E-state index in [0.29, 0.717) is 17.3 Å². The van der Waals surface area contributed by atoms with Gasteiger partial charge < -0.3 is 5.32 Å². The van der Waals surface area contributed by atoms with Crippen LogP contribution in [0, 0.1) is 12.0 Å². The van der Waals surface area contributed by atoms with Gasteiger partial charge in [-0.15, -0.1) is 0 Å².